The molecule has 1 aromatic carbocycles. The number of amides is 3. The van der Waals surface area contributed by atoms with E-state index in [0.717, 1.165) is 5.56 Å². The van der Waals surface area contributed by atoms with E-state index in [9.17, 15) is 9.59 Å². The number of carbonyl (C=O) groups is 2. The van der Waals surface area contributed by atoms with Crippen LogP contribution in [0.3, 0.4) is 0 Å². The number of halogens is 1. The van der Waals surface area contributed by atoms with Crippen molar-refractivity contribution in [1.29, 1.82) is 0 Å². The van der Waals surface area contributed by atoms with Gasteiger partial charge in [-0.1, -0.05) is 37.2 Å². The molecule has 3 amide bonds. The number of rotatable bonds is 6. The standard InChI is InChI=1S/C16H20ClN5O2S/c1-9(2)8-18-15(24)20-14(23)10(3)25-16-19-13(21-22-16)11-4-6-12(17)7-5-11/h4-7,9-10H,8H2,1-3H3,(H,19,21,22)(H2,18,20,23,24)/t10-/m0/s1. The molecule has 1 aromatic heterocycles. The monoisotopic (exact) mass is 381 g/mol. The smallest absolute Gasteiger partial charge is 0.321 e. The van der Waals surface area contributed by atoms with Gasteiger partial charge in [-0.2, -0.15) is 0 Å². The number of hydrogen-bond donors (Lipinski definition) is 3. The van der Waals surface area contributed by atoms with Crippen molar-refractivity contribution in [2.45, 2.75) is 31.2 Å². The van der Waals surface area contributed by atoms with Gasteiger partial charge in [0.15, 0.2) is 5.82 Å². The van der Waals surface area contributed by atoms with Crippen LogP contribution < -0.4 is 10.6 Å². The summed E-state index contributed by atoms with van der Waals surface area (Å²) in [5.41, 5.74) is 0.842. The summed E-state index contributed by atoms with van der Waals surface area (Å²) >= 11 is 7.03. The second-order valence-corrected chi connectivity index (χ2v) is 7.57. The van der Waals surface area contributed by atoms with Gasteiger partial charge in [-0.3, -0.25) is 15.2 Å². The zero-order chi connectivity index (χ0) is 18.4. The molecule has 0 aliphatic heterocycles. The summed E-state index contributed by atoms with van der Waals surface area (Å²) in [6, 6.07) is 6.68. The van der Waals surface area contributed by atoms with Crippen LogP contribution in [0.1, 0.15) is 20.8 Å². The van der Waals surface area contributed by atoms with Crippen molar-refractivity contribution in [1.82, 2.24) is 25.8 Å². The lowest BCUT2D eigenvalue weighted by molar-refractivity contribution is -0.119. The fourth-order valence-electron chi connectivity index (χ4n) is 1.80. The second kappa shape index (κ2) is 8.87. The third-order valence-electron chi connectivity index (χ3n) is 3.14. The normalized spacial score (nSPS) is 12.0. The quantitative estimate of drug-likeness (QED) is 0.667. The first-order chi connectivity index (χ1) is 11.8. The molecule has 1 atom stereocenters. The van der Waals surface area contributed by atoms with Crippen molar-refractivity contribution in [2.24, 2.45) is 5.92 Å². The number of nitrogens with one attached hydrogen (secondary N) is 3. The summed E-state index contributed by atoms with van der Waals surface area (Å²) in [5.74, 6) is 0.498. The average molecular weight is 382 g/mol. The molecule has 0 saturated heterocycles. The van der Waals surface area contributed by atoms with E-state index in [1.807, 2.05) is 26.0 Å². The summed E-state index contributed by atoms with van der Waals surface area (Å²) in [5, 5.41) is 12.4. The lowest BCUT2D eigenvalue weighted by atomic mass is 10.2. The minimum Gasteiger partial charge on any atom is -0.338 e. The van der Waals surface area contributed by atoms with E-state index in [1.54, 1.807) is 19.1 Å². The molecule has 1 heterocycles. The zero-order valence-electron chi connectivity index (χ0n) is 14.2. The minimum atomic E-state index is -0.515. The van der Waals surface area contributed by atoms with Crippen molar-refractivity contribution < 1.29 is 9.59 Å². The van der Waals surface area contributed by atoms with Gasteiger partial charge in [0.2, 0.25) is 11.1 Å². The number of hydrogen-bond acceptors (Lipinski definition) is 5. The number of aromatic nitrogens is 3. The van der Waals surface area contributed by atoms with Gasteiger partial charge >= 0.3 is 6.03 Å². The maximum absolute atomic E-state index is 12.0. The third kappa shape index (κ3) is 6.06. The Morgan fingerprint density at radius 3 is 2.56 bits per heavy atom. The van der Waals surface area contributed by atoms with Crippen molar-refractivity contribution in [3.63, 3.8) is 0 Å². The average Bonchev–Trinajstić information content (AvgIpc) is 3.02. The summed E-state index contributed by atoms with van der Waals surface area (Å²) in [4.78, 5) is 28.0. The molecule has 0 bridgehead atoms. The molecule has 0 radical (unpaired) electrons. The molecule has 0 saturated carbocycles. The number of nitrogens with zero attached hydrogens (tertiary/aromatic N) is 2. The maximum Gasteiger partial charge on any atom is 0.321 e. The first-order valence-electron chi connectivity index (χ1n) is 7.79. The third-order valence-corrected chi connectivity index (χ3v) is 4.35. The summed E-state index contributed by atoms with van der Waals surface area (Å²) < 4.78 is 0. The molecule has 0 aliphatic carbocycles. The van der Waals surface area contributed by atoms with Gasteiger partial charge in [-0.05, 0) is 37.1 Å². The molecule has 7 nitrogen and oxygen atoms in total. The number of carbonyl (C=O) groups excluding carboxylic acids is 2. The van der Waals surface area contributed by atoms with Crippen LogP contribution in [0.2, 0.25) is 5.02 Å². The molecule has 2 aromatic rings. The summed E-state index contributed by atoms with van der Waals surface area (Å²) in [6.45, 7) is 6.14. The summed E-state index contributed by atoms with van der Waals surface area (Å²) in [7, 11) is 0. The largest absolute Gasteiger partial charge is 0.338 e. The first kappa shape index (κ1) is 19.3. The van der Waals surface area contributed by atoms with E-state index >= 15 is 0 Å². The highest BCUT2D eigenvalue weighted by Gasteiger charge is 2.19. The van der Waals surface area contributed by atoms with Crippen LogP contribution in [0.4, 0.5) is 4.79 Å². The van der Waals surface area contributed by atoms with Crippen LogP contribution >= 0.6 is 23.4 Å². The predicted molar refractivity (Wildman–Crippen MR) is 98.5 cm³/mol. The Morgan fingerprint density at radius 1 is 1.24 bits per heavy atom. The highest BCUT2D eigenvalue weighted by atomic mass is 35.5. The van der Waals surface area contributed by atoms with Crippen molar-refractivity contribution in [3.05, 3.63) is 29.3 Å². The van der Waals surface area contributed by atoms with Gasteiger partial charge in [0.05, 0.1) is 5.25 Å². The number of benzene rings is 1. The van der Waals surface area contributed by atoms with Crippen molar-refractivity contribution in [2.75, 3.05) is 6.54 Å². The van der Waals surface area contributed by atoms with E-state index in [1.165, 1.54) is 11.8 Å². The first-order valence-corrected chi connectivity index (χ1v) is 9.04. The van der Waals surface area contributed by atoms with E-state index in [4.69, 9.17) is 11.6 Å². The maximum atomic E-state index is 12.0. The zero-order valence-corrected chi connectivity index (χ0v) is 15.7. The molecule has 0 spiro atoms. The van der Waals surface area contributed by atoms with Crippen LogP contribution in [-0.2, 0) is 4.79 Å². The van der Waals surface area contributed by atoms with E-state index < -0.39 is 17.2 Å². The number of urea groups is 1. The fraction of sp³-hybridized carbons (Fsp3) is 0.375. The second-order valence-electron chi connectivity index (χ2n) is 5.83. The Bertz CT molecular complexity index is 732. The SMILES string of the molecule is CC(C)CNC(=O)NC(=O)[C@H](C)Sc1n[nH]c(-c2ccc(Cl)cc2)n1. The van der Waals surface area contributed by atoms with Crippen LogP contribution in [-0.4, -0.2) is 38.9 Å². The van der Waals surface area contributed by atoms with Crippen LogP contribution in [0, 0.1) is 5.92 Å². The molecule has 25 heavy (non-hydrogen) atoms. The van der Waals surface area contributed by atoms with E-state index in [0.29, 0.717) is 28.5 Å². The molecular formula is C16H20ClN5O2S. The molecule has 3 N–H and O–H groups in total. The van der Waals surface area contributed by atoms with Crippen LogP contribution in [0.25, 0.3) is 11.4 Å². The Morgan fingerprint density at radius 2 is 1.92 bits per heavy atom. The van der Waals surface area contributed by atoms with Crippen molar-refractivity contribution >= 4 is 35.3 Å². The van der Waals surface area contributed by atoms with Gasteiger partial charge in [0.1, 0.15) is 0 Å². The Hall–Kier alpha value is -2.06. The van der Waals surface area contributed by atoms with Crippen LogP contribution in [0.15, 0.2) is 29.4 Å². The fourth-order valence-corrected chi connectivity index (χ4v) is 2.65. The molecule has 2 rings (SSSR count). The molecule has 9 heteroatoms. The number of aromatic amines is 1. The topological polar surface area (TPSA) is 99.8 Å². The Kier molecular flexibility index (Phi) is 6.83. The Labute approximate surface area is 155 Å². The molecule has 0 fully saturated rings. The lowest BCUT2D eigenvalue weighted by Gasteiger charge is -2.11. The van der Waals surface area contributed by atoms with Gasteiger partial charge in [0, 0.05) is 17.1 Å². The lowest BCUT2D eigenvalue weighted by Crippen LogP contribution is -2.43. The van der Waals surface area contributed by atoms with Crippen LogP contribution in [0.5, 0.6) is 0 Å². The number of H-pyrrole nitrogens is 1. The van der Waals surface area contributed by atoms with Gasteiger partial charge in [-0.25, -0.2) is 9.78 Å². The van der Waals surface area contributed by atoms with E-state index in [-0.39, 0.29) is 0 Å². The van der Waals surface area contributed by atoms with Gasteiger partial charge in [0.25, 0.3) is 0 Å². The molecule has 0 aliphatic rings. The van der Waals surface area contributed by atoms with Gasteiger partial charge < -0.3 is 5.32 Å². The van der Waals surface area contributed by atoms with E-state index in [2.05, 4.69) is 25.8 Å². The molecule has 134 valence electrons. The minimum absolute atomic E-state index is 0.312. The highest BCUT2D eigenvalue weighted by molar-refractivity contribution is 8.00. The number of imide groups is 1. The van der Waals surface area contributed by atoms with Crippen molar-refractivity contribution in [3.8, 4) is 11.4 Å². The highest BCUT2D eigenvalue weighted by Crippen LogP contribution is 2.23. The molecular weight excluding hydrogens is 362 g/mol. The number of thioether (sulfide) groups is 1. The Balaban J connectivity index is 1.90. The molecule has 0 unspecified atom stereocenters. The summed E-state index contributed by atoms with van der Waals surface area (Å²) in [6.07, 6.45) is 0. The van der Waals surface area contributed by atoms with Gasteiger partial charge in [-0.15, -0.1) is 5.10 Å². The predicted octanol–water partition coefficient (Wildman–Crippen LogP) is 3.09.